The number of rotatable bonds is 4. The first-order valence-corrected chi connectivity index (χ1v) is 9.15. The SMILES string of the molecule is CC(O)C1CCN(c2snc(N)c2S(=O)(=O)C2CC2)C1. The number of anilines is 2. The molecule has 0 spiro atoms. The van der Waals surface area contributed by atoms with Crippen molar-refractivity contribution in [1.29, 1.82) is 0 Å². The van der Waals surface area contributed by atoms with Gasteiger partial charge in [0.05, 0.1) is 11.4 Å². The Morgan fingerprint density at radius 3 is 2.70 bits per heavy atom. The molecule has 1 aliphatic carbocycles. The maximum absolute atomic E-state index is 12.5. The Morgan fingerprint density at radius 1 is 1.45 bits per heavy atom. The zero-order valence-electron chi connectivity index (χ0n) is 11.3. The van der Waals surface area contributed by atoms with Crippen molar-refractivity contribution >= 4 is 32.2 Å². The monoisotopic (exact) mass is 317 g/mol. The molecular weight excluding hydrogens is 298 g/mol. The molecule has 20 heavy (non-hydrogen) atoms. The predicted molar refractivity (Wildman–Crippen MR) is 78.7 cm³/mol. The predicted octanol–water partition coefficient (Wildman–Crippen LogP) is 0.869. The van der Waals surface area contributed by atoms with E-state index >= 15 is 0 Å². The Hall–Kier alpha value is -0.860. The molecule has 1 saturated heterocycles. The molecule has 2 aliphatic rings. The number of aliphatic hydroxyl groups excluding tert-OH is 1. The van der Waals surface area contributed by atoms with Crippen molar-refractivity contribution in [3.63, 3.8) is 0 Å². The minimum atomic E-state index is -3.34. The van der Waals surface area contributed by atoms with Crippen LogP contribution in [-0.4, -0.2) is 42.3 Å². The number of nitrogens with zero attached hydrogens (tertiary/aromatic N) is 2. The van der Waals surface area contributed by atoms with E-state index in [9.17, 15) is 13.5 Å². The van der Waals surface area contributed by atoms with Crippen molar-refractivity contribution in [1.82, 2.24) is 4.37 Å². The van der Waals surface area contributed by atoms with Crippen LogP contribution in [0.4, 0.5) is 10.8 Å². The zero-order valence-corrected chi connectivity index (χ0v) is 13.0. The Balaban J connectivity index is 1.92. The van der Waals surface area contributed by atoms with Gasteiger partial charge < -0.3 is 15.7 Å². The minimum absolute atomic E-state index is 0.123. The number of nitrogen functional groups attached to an aromatic ring is 1. The maximum atomic E-state index is 12.5. The van der Waals surface area contributed by atoms with Gasteiger partial charge in [-0.3, -0.25) is 0 Å². The molecule has 3 rings (SSSR count). The lowest BCUT2D eigenvalue weighted by atomic mass is 10.0. The lowest BCUT2D eigenvalue weighted by Crippen LogP contribution is -2.25. The van der Waals surface area contributed by atoms with Crippen molar-refractivity contribution in [3.05, 3.63) is 0 Å². The van der Waals surface area contributed by atoms with E-state index < -0.39 is 9.84 Å². The van der Waals surface area contributed by atoms with Gasteiger partial charge in [-0.1, -0.05) is 0 Å². The lowest BCUT2D eigenvalue weighted by molar-refractivity contribution is 0.136. The van der Waals surface area contributed by atoms with E-state index in [0.717, 1.165) is 24.5 Å². The number of aliphatic hydroxyl groups is 1. The van der Waals surface area contributed by atoms with E-state index in [-0.39, 0.29) is 28.0 Å². The summed E-state index contributed by atoms with van der Waals surface area (Å²) in [6.07, 6.45) is 1.91. The number of nitrogens with two attached hydrogens (primary N) is 1. The second-order valence-corrected chi connectivity index (χ2v) is 8.60. The number of aromatic nitrogens is 1. The minimum Gasteiger partial charge on any atom is -0.393 e. The van der Waals surface area contributed by atoms with Gasteiger partial charge in [-0.05, 0) is 37.7 Å². The fraction of sp³-hybridized carbons (Fsp3) is 0.750. The summed E-state index contributed by atoms with van der Waals surface area (Å²) >= 11 is 1.15. The van der Waals surface area contributed by atoms with Gasteiger partial charge in [0, 0.05) is 19.0 Å². The van der Waals surface area contributed by atoms with Crippen LogP contribution >= 0.6 is 11.5 Å². The normalized spacial score (nSPS) is 25.1. The average Bonchev–Trinajstić information content (AvgIpc) is 2.99. The van der Waals surface area contributed by atoms with Crippen LogP contribution in [0.5, 0.6) is 0 Å². The molecule has 2 fully saturated rings. The zero-order chi connectivity index (χ0) is 14.5. The molecular formula is C12H19N3O3S2. The Kier molecular flexibility index (Phi) is 3.42. The second kappa shape index (κ2) is 4.85. The summed E-state index contributed by atoms with van der Waals surface area (Å²) in [4.78, 5) is 2.22. The van der Waals surface area contributed by atoms with E-state index in [0.29, 0.717) is 24.4 Å². The second-order valence-electron chi connectivity index (χ2n) is 5.68. The van der Waals surface area contributed by atoms with Gasteiger partial charge in [-0.15, -0.1) is 0 Å². The van der Waals surface area contributed by atoms with Crippen LogP contribution in [0.15, 0.2) is 4.90 Å². The molecule has 2 atom stereocenters. The molecule has 0 bridgehead atoms. The lowest BCUT2D eigenvalue weighted by Gasteiger charge is -2.19. The summed E-state index contributed by atoms with van der Waals surface area (Å²) in [6, 6.07) is 0. The quantitative estimate of drug-likeness (QED) is 0.855. The highest BCUT2D eigenvalue weighted by molar-refractivity contribution is 7.92. The van der Waals surface area contributed by atoms with Crippen LogP contribution in [0, 0.1) is 5.92 Å². The molecule has 0 aromatic carbocycles. The largest absolute Gasteiger partial charge is 0.393 e. The Morgan fingerprint density at radius 2 is 2.15 bits per heavy atom. The molecule has 3 N–H and O–H groups in total. The molecule has 6 nitrogen and oxygen atoms in total. The molecule has 1 aromatic heterocycles. The smallest absolute Gasteiger partial charge is 0.187 e. The fourth-order valence-corrected chi connectivity index (χ4v) is 5.73. The fourth-order valence-electron chi connectivity index (χ4n) is 2.66. The van der Waals surface area contributed by atoms with Gasteiger partial charge in [0.25, 0.3) is 0 Å². The number of hydrogen-bond acceptors (Lipinski definition) is 7. The van der Waals surface area contributed by atoms with Crippen molar-refractivity contribution in [2.75, 3.05) is 23.7 Å². The van der Waals surface area contributed by atoms with Gasteiger partial charge >= 0.3 is 0 Å². The summed E-state index contributed by atoms with van der Waals surface area (Å²) in [5.74, 6) is 0.298. The van der Waals surface area contributed by atoms with Gasteiger partial charge in [-0.25, -0.2) is 8.42 Å². The molecule has 1 aliphatic heterocycles. The number of sulfone groups is 1. The van der Waals surface area contributed by atoms with Crippen LogP contribution in [-0.2, 0) is 9.84 Å². The summed E-state index contributed by atoms with van der Waals surface area (Å²) in [6.45, 7) is 3.17. The molecule has 0 radical (unpaired) electrons. The molecule has 112 valence electrons. The maximum Gasteiger partial charge on any atom is 0.187 e. The van der Waals surface area contributed by atoms with E-state index in [1.165, 1.54) is 0 Å². The van der Waals surface area contributed by atoms with Crippen LogP contribution < -0.4 is 10.6 Å². The highest BCUT2D eigenvalue weighted by Crippen LogP contribution is 2.43. The van der Waals surface area contributed by atoms with Crippen LogP contribution in [0.2, 0.25) is 0 Å². The number of hydrogen-bond donors (Lipinski definition) is 2. The van der Waals surface area contributed by atoms with Crippen LogP contribution in [0.25, 0.3) is 0 Å². The van der Waals surface area contributed by atoms with E-state index in [4.69, 9.17) is 5.73 Å². The topological polar surface area (TPSA) is 96.5 Å². The van der Waals surface area contributed by atoms with E-state index in [1.54, 1.807) is 6.92 Å². The Bertz CT molecular complexity index is 607. The first-order chi connectivity index (χ1) is 9.41. The summed E-state index contributed by atoms with van der Waals surface area (Å²) in [5, 5.41) is 10.0. The van der Waals surface area contributed by atoms with E-state index in [2.05, 4.69) is 4.37 Å². The van der Waals surface area contributed by atoms with Gasteiger partial charge in [0.2, 0.25) is 0 Å². The third kappa shape index (κ3) is 2.29. The molecule has 2 heterocycles. The Labute approximate surface area is 122 Å². The summed E-state index contributed by atoms with van der Waals surface area (Å²) < 4.78 is 29.0. The molecule has 1 saturated carbocycles. The van der Waals surface area contributed by atoms with Gasteiger partial charge in [0.15, 0.2) is 15.7 Å². The van der Waals surface area contributed by atoms with Crippen molar-refractivity contribution in [3.8, 4) is 0 Å². The first kappa shape index (κ1) is 14.1. The summed E-state index contributed by atoms with van der Waals surface area (Å²) in [7, 11) is -3.34. The van der Waals surface area contributed by atoms with Crippen LogP contribution in [0.3, 0.4) is 0 Å². The molecule has 0 amide bonds. The van der Waals surface area contributed by atoms with Crippen LogP contribution in [0.1, 0.15) is 26.2 Å². The highest BCUT2D eigenvalue weighted by atomic mass is 32.2. The molecule has 2 unspecified atom stereocenters. The van der Waals surface area contributed by atoms with Crippen molar-refractivity contribution in [2.24, 2.45) is 5.92 Å². The highest BCUT2D eigenvalue weighted by Gasteiger charge is 2.42. The first-order valence-electron chi connectivity index (χ1n) is 6.83. The summed E-state index contributed by atoms with van der Waals surface area (Å²) in [5.41, 5.74) is 5.80. The molecule has 1 aromatic rings. The van der Waals surface area contributed by atoms with E-state index in [1.807, 2.05) is 4.90 Å². The van der Waals surface area contributed by atoms with Crippen molar-refractivity contribution in [2.45, 2.75) is 42.4 Å². The molecule has 8 heteroatoms. The average molecular weight is 317 g/mol. The standard InChI is InChI=1S/C12H19N3O3S2/c1-7(16)8-4-5-15(6-8)12-10(11(13)14-19-12)20(17,18)9-2-3-9/h7-9,16H,2-6H2,1H3,(H2,13,14). The third-order valence-corrected chi connectivity index (χ3v) is 7.47. The van der Waals surface area contributed by atoms with Gasteiger partial charge in [0.1, 0.15) is 9.90 Å². The van der Waals surface area contributed by atoms with Crippen molar-refractivity contribution < 1.29 is 13.5 Å². The third-order valence-electron chi connectivity index (χ3n) is 4.10. The van der Waals surface area contributed by atoms with Gasteiger partial charge in [-0.2, -0.15) is 4.37 Å².